The molecule has 1 fully saturated rings. The van der Waals surface area contributed by atoms with Crippen molar-refractivity contribution in [2.24, 2.45) is 5.92 Å². The number of ketones is 1. The fraction of sp³-hybridized carbons (Fsp3) is 0.538. The van der Waals surface area contributed by atoms with Crippen LogP contribution in [0.5, 0.6) is 0 Å². The van der Waals surface area contributed by atoms with E-state index in [-0.39, 0.29) is 11.9 Å². The molecule has 0 bridgehead atoms. The van der Waals surface area contributed by atoms with Gasteiger partial charge in [0.05, 0.1) is 6.42 Å². The minimum Gasteiger partial charge on any atom is -0.370 e. The first-order valence-electron chi connectivity index (χ1n) is 5.95. The zero-order chi connectivity index (χ0) is 12.3. The fourth-order valence-electron chi connectivity index (χ4n) is 1.86. The van der Waals surface area contributed by atoms with Gasteiger partial charge in [0.1, 0.15) is 6.10 Å². The molecule has 1 heterocycles. The van der Waals surface area contributed by atoms with Gasteiger partial charge in [-0.25, -0.2) is 0 Å². The number of hydrogen-bond acceptors (Lipinski definition) is 3. The number of aromatic nitrogens is 1. The Labute approximate surface area is 110 Å². The van der Waals surface area contributed by atoms with Crippen molar-refractivity contribution in [1.29, 1.82) is 0 Å². The van der Waals surface area contributed by atoms with E-state index in [1.54, 1.807) is 6.20 Å². The molecule has 0 N–H and O–H groups in total. The molecule has 0 amide bonds. The molecule has 17 heavy (non-hydrogen) atoms. The van der Waals surface area contributed by atoms with Crippen LogP contribution in [0.1, 0.15) is 25.5 Å². The van der Waals surface area contributed by atoms with Crippen molar-refractivity contribution < 1.29 is 9.53 Å². The number of carbonyl (C=O) groups is 1. The van der Waals surface area contributed by atoms with E-state index in [0.29, 0.717) is 18.9 Å². The van der Waals surface area contributed by atoms with Gasteiger partial charge in [-0.3, -0.25) is 9.78 Å². The maximum atomic E-state index is 12.1. The monoisotopic (exact) mass is 297 g/mol. The molecule has 0 saturated heterocycles. The van der Waals surface area contributed by atoms with Crippen LogP contribution in [0.25, 0.3) is 0 Å². The molecule has 0 aromatic carbocycles. The standard InChI is InChI=1S/C13H16BrNO2/c1-2-17-13(9-3-4-9)12(16)7-11-6-5-10(14)8-15-11/h5-6,8-9,13H,2-4,7H2,1H3. The molecule has 0 radical (unpaired) electrons. The largest absolute Gasteiger partial charge is 0.370 e. The smallest absolute Gasteiger partial charge is 0.167 e. The summed E-state index contributed by atoms with van der Waals surface area (Å²) >= 11 is 3.33. The number of hydrogen-bond donors (Lipinski definition) is 0. The second-order valence-electron chi connectivity index (χ2n) is 4.32. The molecular weight excluding hydrogens is 282 g/mol. The molecule has 0 aliphatic heterocycles. The highest BCUT2D eigenvalue weighted by atomic mass is 79.9. The van der Waals surface area contributed by atoms with E-state index in [4.69, 9.17) is 4.74 Å². The van der Waals surface area contributed by atoms with Crippen molar-refractivity contribution in [1.82, 2.24) is 4.98 Å². The van der Waals surface area contributed by atoms with Crippen molar-refractivity contribution >= 4 is 21.7 Å². The lowest BCUT2D eigenvalue weighted by Gasteiger charge is -2.14. The molecule has 92 valence electrons. The zero-order valence-corrected chi connectivity index (χ0v) is 11.4. The van der Waals surface area contributed by atoms with Gasteiger partial charge in [0.25, 0.3) is 0 Å². The number of pyridine rings is 1. The molecule has 1 aliphatic carbocycles. The van der Waals surface area contributed by atoms with E-state index in [1.165, 1.54) is 0 Å². The Morgan fingerprint density at radius 1 is 1.59 bits per heavy atom. The molecule has 4 heteroatoms. The number of halogens is 1. The van der Waals surface area contributed by atoms with Crippen LogP contribution in [0.4, 0.5) is 0 Å². The molecule has 1 atom stereocenters. The Balaban J connectivity index is 1.96. The second-order valence-corrected chi connectivity index (χ2v) is 5.24. The summed E-state index contributed by atoms with van der Waals surface area (Å²) in [7, 11) is 0. The third-order valence-electron chi connectivity index (χ3n) is 2.86. The van der Waals surface area contributed by atoms with Gasteiger partial charge >= 0.3 is 0 Å². The van der Waals surface area contributed by atoms with Crippen molar-refractivity contribution in [3.05, 3.63) is 28.5 Å². The van der Waals surface area contributed by atoms with Gasteiger partial charge in [-0.05, 0) is 53.7 Å². The fourth-order valence-corrected chi connectivity index (χ4v) is 2.10. The Morgan fingerprint density at radius 2 is 2.35 bits per heavy atom. The summed E-state index contributed by atoms with van der Waals surface area (Å²) in [6, 6.07) is 3.78. The highest BCUT2D eigenvalue weighted by Gasteiger charge is 2.36. The number of ether oxygens (including phenoxy) is 1. The van der Waals surface area contributed by atoms with Gasteiger partial charge in [0.15, 0.2) is 5.78 Å². The van der Waals surface area contributed by atoms with E-state index in [0.717, 1.165) is 23.0 Å². The van der Waals surface area contributed by atoms with Gasteiger partial charge in [0.2, 0.25) is 0 Å². The lowest BCUT2D eigenvalue weighted by Crippen LogP contribution is -2.28. The Morgan fingerprint density at radius 3 is 2.88 bits per heavy atom. The van der Waals surface area contributed by atoms with E-state index in [2.05, 4.69) is 20.9 Å². The highest BCUT2D eigenvalue weighted by molar-refractivity contribution is 9.10. The SMILES string of the molecule is CCOC(C(=O)Cc1ccc(Br)cn1)C1CC1. The molecule has 0 spiro atoms. The Bertz CT molecular complexity index is 387. The Kier molecular flexibility index (Phi) is 4.29. The lowest BCUT2D eigenvalue weighted by molar-refractivity contribution is -0.131. The van der Waals surface area contributed by atoms with Crippen LogP contribution in [0.15, 0.2) is 22.8 Å². The van der Waals surface area contributed by atoms with Crippen LogP contribution in [0.3, 0.4) is 0 Å². The molecule has 1 unspecified atom stereocenters. The summed E-state index contributed by atoms with van der Waals surface area (Å²) < 4.78 is 6.47. The van der Waals surface area contributed by atoms with Gasteiger partial charge in [-0.15, -0.1) is 0 Å². The van der Waals surface area contributed by atoms with Crippen LogP contribution < -0.4 is 0 Å². The molecule has 2 rings (SSSR count). The molecule has 1 aliphatic rings. The van der Waals surface area contributed by atoms with Crippen molar-refractivity contribution in [2.75, 3.05) is 6.61 Å². The van der Waals surface area contributed by atoms with Gasteiger partial charge in [-0.2, -0.15) is 0 Å². The summed E-state index contributed by atoms with van der Waals surface area (Å²) in [5.74, 6) is 0.599. The van der Waals surface area contributed by atoms with Crippen molar-refractivity contribution in [2.45, 2.75) is 32.3 Å². The van der Waals surface area contributed by atoms with Gasteiger partial charge in [-0.1, -0.05) is 0 Å². The van der Waals surface area contributed by atoms with Crippen LogP contribution in [0.2, 0.25) is 0 Å². The lowest BCUT2D eigenvalue weighted by atomic mass is 10.1. The third-order valence-corrected chi connectivity index (χ3v) is 3.33. The first kappa shape index (κ1) is 12.7. The van der Waals surface area contributed by atoms with Gasteiger partial charge in [0, 0.05) is 23.0 Å². The summed E-state index contributed by atoms with van der Waals surface area (Å²) in [6.07, 6.45) is 4.10. The van der Waals surface area contributed by atoms with Crippen LogP contribution >= 0.6 is 15.9 Å². The Hall–Kier alpha value is -0.740. The van der Waals surface area contributed by atoms with Crippen LogP contribution in [0, 0.1) is 5.92 Å². The molecular formula is C13H16BrNO2. The zero-order valence-electron chi connectivity index (χ0n) is 9.86. The quantitative estimate of drug-likeness (QED) is 0.810. The minimum atomic E-state index is -0.217. The maximum Gasteiger partial charge on any atom is 0.167 e. The first-order chi connectivity index (χ1) is 8.20. The predicted molar refractivity (Wildman–Crippen MR) is 68.8 cm³/mol. The van der Waals surface area contributed by atoms with E-state index in [9.17, 15) is 4.79 Å². The topological polar surface area (TPSA) is 39.2 Å². The molecule has 1 aromatic heterocycles. The van der Waals surface area contributed by atoms with Crippen molar-refractivity contribution in [3.8, 4) is 0 Å². The van der Waals surface area contributed by atoms with E-state index >= 15 is 0 Å². The average molecular weight is 298 g/mol. The number of rotatable bonds is 6. The normalized spacial score (nSPS) is 16.8. The molecule has 1 aromatic rings. The van der Waals surface area contributed by atoms with Crippen LogP contribution in [-0.2, 0) is 16.0 Å². The number of Topliss-reactive ketones (excluding diaryl/α,β-unsaturated/α-hetero) is 1. The number of carbonyl (C=O) groups excluding carboxylic acids is 1. The van der Waals surface area contributed by atoms with Gasteiger partial charge < -0.3 is 4.74 Å². The van der Waals surface area contributed by atoms with E-state index < -0.39 is 0 Å². The third kappa shape index (κ3) is 3.61. The second kappa shape index (κ2) is 5.74. The number of nitrogens with zero attached hydrogens (tertiary/aromatic N) is 1. The maximum absolute atomic E-state index is 12.1. The van der Waals surface area contributed by atoms with Crippen LogP contribution in [-0.4, -0.2) is 23.5 Å². The minimum absolute atomic E-state index is 0.157. The summed E-state index contributed by atoms with van der Waals surface area (Å²) in [5, 5.41) is 0. The summed E-state index contributed by atoms with van der Waals surface area (Å²) in [6.45, 7) is 2.53. The average Bonchev–Trinajstić information content (AvgIpc) is 3.13. The van der Waals surface area contributed by atoms with E-state index in [1.807, 2.05) is 19.1 Å². The first-order valence-corrected chi connectivity index (χ1v) is 6.74. The molecule has 1 saturated carbocycles. The highest BCUT2D eigenvalue weighted by Crippen LogP contribution is 2.35. The summed E-state index contributed by atoms with van der Waals surface area (Å²) in [4.78, 5) is 16.3. The molecule has 3 nitrogen and oxygen atoms in total. The predicted octanol–water partition coefficient (Wildman–Crippen LogP) is 2.77. The van der Waals surface area contributed by atoms with Crippen molar-refractivity contribution in [3.63, 3.8) is 0 Å². The summed E-state index contributed by atoms with van der Waals surface area (Å²) in [5.41, 5.74) is 0.809.